The topological polar surface area (TPSA) is 45.7 Å². The van der Waals surface area contributed by atoms with Crippen LogP contribution in [0, 0.1) is 5.92 Å². The van der Waals surface area contributed by atoms with Gasteiger partial charge in [0.05, 0.1) is 12.6 Å². The highest BCUT2D eigenvalue weighted by Crippen LogP contribution is 2.33. The van der Waals surface area contributed by atoms with Crippen molar-refractivity contribution in [3.05, 3.63) is 23.5 Å². The molecular weight excluding hydrogens is 326 g/mol. The Balaban J connectivity index is 1.25. The molecule has 1 amide bonds. The summed E-state index contributed by atoms with van der Waals surface area (Å²) in [6.07, 6.45) is 8.87. The molecule has 130 valence electrons. The summed E-state index contributed by atoms with van der Waals surface area (Å²) in [5, 5.41) is 0.562. The van der Waals surface area contributed by atoms with E-state index in [9.17, 15) is 4.79 Å². The molecule has 0 bridgehead atoms. The first-order valence-electron chi connectivity index (χ1n) is 8.99. The molecule has 1 saturated carbocycles. The molecule has 3 heterocycles. The van der Waals surface area contributed by atoms with Gasteiger partial charge in [0, 0.05) is 31.0 Å². The molecule has 0 aromatic carbocycles. The molecule has 4 rings (SSSR count). The van der Waals surface area contributed by atoms with Crippen molar-refractivity contribution in [3.63, 3.8) is 0 Å². The van der Waals surface area contributed by atoms with Gasteiger partial charge in [-0.3, -0.25) is 14.7 Å². The van der Waals surface area contributed by atoms with E-state index >= 15 is 0 Å². The van der Waals surface area contributed by atoms with E-state index < -0.39 is 0 Å². The highest BCUT2D eigenvalue weighted by atomic mass is 35.5. The van der Waals surface area contributed by atoms with Crippen molar-refractivity contribution in [1.82, 2.24) is 14.8 Å². The Labute approximate surface area is 147 Å². The fourth-order valence-corrected chi connectivity index (χ4v) is 4.07. The van der Waals surface area contributed by atoms with E-state index in [-0.39, 0.29) is 6.04 Å². The van der Waals surface area contributed by atoms with Crippen LogP contribution in [0.4, 0.5) is 0 Å². The SMILES string of the molecule is O=C1C(N2CCC(COc3ccncc3Cl)CC2)CCN1C1CC1. The minimum atomic E-state index is 0.127. The third kappa shape index (κ3) is 3.38. The van der Waals surface area contributed by atoms with Gasteiger partial charge in [-0.15, -0.1) is 0 Å². The smallest absolute Gasteiger partial charge is 0.240 e. The minimum Gasteiger partial charge on any atom is -0.492 e. The average molecular weight is 350 g/mol. The summed E-state index contributed by atoms with van der Waals surface area (Å²) in [5.41, 5.74) is 0. The van der Waals surface area contributed by atoms with E-state index in [1.54, 1.807) is 18.5 Å². The van der Waals surface area contributed by atoms with Crippen LogP contribution in [0.25, 0.3) is 0 Å². The van der Waals surface area contributed by atoms with Crippen molar-refractivity contribution in [3.8, 4) is 5.75 Å². The van der Waals surface area contributed by atoms with E-state index in [0.717, 1.165) is 38.9 Å². The fourth-order valence-electron chi connectivity index (χ4n) is 3.89. The lowest BCUT2D eigenvalue weighted by Crippen LogP contribution is -2.46. The minimum absolute atomic E-state index is 0.127. The first-order chi connectivity index (χ1) is 11.7. The number of likely N-dealkylation sites (tertiary alicyclic amines) is 2. The van der Waals surface area contributed by atoms with E-state index in [0.29, 0.717) is 35.2 Å². The maximum absolute atomic E-state index is 12.6. The van der Waals surface area contributed by atoms with Crippen LogP contribution in [0.15, 0.2) is 18.5 Å². The zero-order valence-corrected chi connectivity index (χ0v) is 14.6. The van der Waals surface area contributed by atoms with E-state index in [1.807, 2.05) is 0 Å². The molecule has 2 aliphatic heterocycles. The number of aromatic nitrogens is 1. The molecule has 24 heavy (non-hydrogen) atoms. The molecule has 3 aliphatic rings. The predicted octanol–water partition coefficient (Wildman–Crippen LogP) is 2.59. The van der Waals surface area contributed by atoms with Crippen molar-refractivity contribution in [2.75, 3.05) is 26.2 Å². The summed E-state index contributed by atoms with van der Waals surface area (Å²) in [6.45, 7) is 3.63. The number of rotatable bonds is 5. The molecule has 1 atom stereocenters. The molecule has 0 spiro atoms. The predicted molar refractivity (Wildman–Crippen MR) is 92.2 cm³/mol. The van der Waals surface area contributed by atoms with Crippen LogP contribution in [0.1, 0.15) is 32.1 Å². The molecule has 2 saturated heterocycles. The maximum Gasteiger partial charge on any atom is 0.240 e. The zero-order chi connectivity index (χ0) is 16.5. The Bertz CT molecular complexity index is 600. The second-order valence-corrected chi connectivity index (χ2v) is 7.57. The van der Waals surface area contributed by atoms with Gasteiger partial charge in [-0.1, -0.05) is 11.6 Å². The first-order valence-corrected chi connectivity index (χ1v) is 9.37. The lowest BCUT2D eigenvalue weighted by Gasteiger charge is -2.35. The third-order valence-corrected chi connectivity index (χ3v) is 5.78. The summed E-state index contributed by atoms with van der Waals surface area (Å²) in [6, 6.07) is 2.49. The molecule has 1 aliphatic carbocycles. The van der Waals surface area contributed by atoms with Gasteiger partial charge < -0.3 is 9.64 Å². The summed E-state index contributed by atoms with van der Waals surface area (Å²) >= 11 is 6.07. The van der Waals surface area contributed by atoms with Crippen molar-refractivity contribution in [2.24, 2.45) is 5.92 Å². The quantitative estimate of drug-likeness (QED) is 0.819. The van der Waals surface area contributed by atoms with E-state index in [2.05, 4.69) is 14.8 Å². The Morgan fingerprint density at radius 1 is 1.17 bits per heavy atom. The van der Waals surface area contributed by atoms with Crippen LogP contribution in [0.3, 0.4) is 0 Å². The van der Waals surface area contributed by atoms with Crippen molar-refractivity contribution < 1.29 is 9.53 Å². The third-order valence-electron chi connectivity index (χ3n) is 5.50. The summed E-state index contributed by atoms with van der Waals surface area (Å²) in [7, 11) is 0. The number of nitrogens with zero attached hydrogens (tertiary/aromatic N) is 3. The number of carbonyl (C=O) groups is 1. The van der Waals surface area contributed by atoms with Gasteiger partial charge in [0.15, 0.2) is 0 Å². The molecule has 1 aromatic rings. The number of pyridine rings is 1. The van der Waals surface area contributed by atoms with Gasteiger partial charge in [0.25, 0.3) is 0 Å². The lowest BCUT2D eigenvalue weighted by atomic mass is 9.96. The fraction of sp³-hybridized carbons (Fsp3) is 0.667. The number of hydrogen-bond donors (Lipinski definition) is 0. The first kappa shape index (κ1) is 16.2. The Kier molecular flexibility index (Phi) is 4.63. The van der Waals surface area contributed by atoms with Gasteiger partial charge >= 0.3 is 0 Å². The zero-order valence-electron chi connectivity index (χ0n) is 13.9. The lowest BCUT2D eigenvalue weighted by molar-refractivity contribution is -0.133. The van der Waals surface area contributed by atoms with Crippen LogP contribution in [0.5, 0.6) is 5.75 Å². The largest absolute Gasteiger partial charge is 0.492 e. The monoisotopic (exact) mass is 349 g/mol. The number of amides is 1. The molecule has 5 nitrogen and oxygen atoms in total. The van der Waals surface area contributed by atoms with Gasteiger partial charge in [-0.05, 0) is 51.1 Å². The average Bonchev–Trinajstić information content (AvgIpc) is 3.37. The summed E-state index contributed by atoms with van der Waals surface area (Å²) in [4.78, 5) is 21.0. The maximum atomic E-state index is 12.6. The molecule has 3 fully saturated rings. The van der Waals surface area contributed by atoms with Crippen LogP contribution < -0.4 is 4.74 Å². The number of hydrogen-bond acceptors (Lipinski definition) is 4. The number of ether oxygens (including phenoxy) is 1. The van der Waals surface area contributed by atoms with Crippen LogP contribution in [0.2, 0.25) is 5.02 Å². The normalized spacial score (nSPS) is 26.1. The van der Waals surface area contributed by atoms with Crippen molar-refractivity contribution in [1.29, 1.82) is 0 Å². The molecular formula is C18H24ClN3O2. The van der Waals surface area contributed by atoms with E-state index in [1.165, 1.54) is 12.8 Å². The molecule has 0 radical (unpaired) electrons. The van der Waals surface area contributed by atoms with Gasteiger partial charge in [0.2, 0.25) is 5.91 Å². The molecule has 6 heteroatoms. The van der Waals surface area contributed by atoms with Crippen molar-refractivity contribution in [2.45, 2.75) is 44.2 Å². The Morgan fingerprint density at radius 3 is 2.67 bits per heavy atom. The number of carbonyl (C=O) groups excluding carboxylic acids is 1. The highest BCUT2D eigenvalue weighted by molar-refractivity contribution is 6.31. The number of piperidine rings is 1. The van der Waals surface area contributed by atoms with Crippen molar-refractivity contribution >= 4 is 17.5 Å². The second-order valence-electron chi connectivity index (χ2n) is 7.16. The van der Waals surface area contributed by atoms with Gasteiger partial charge in [-0.25, -0.2) is 0 Å². The Hall–Kier alpha value is -1.33. The summed E-state index contributed by atoms with van der Waals surface area (Å²) < 4.78 is 5.85. The molecule has 1 aromatic heterocycles. The highest BCUT2D eigenvalue weighted by Gasteiger charge is 2.43. The Morgan fingerprint density at radius 2 is 1.96 bits per heavy atom. The molecule has 1 unspecified atom stereocenters. The van der Waals surface area contributed by atoms with Gasteiger partial charge in [-0.2, -0.15) is 0 Å². The van der Waals surface area contributed by atoms with Crippen LogP contribution in [-0.2, 0) is 4.79 Å². The van der Waals surface area contributed by atoms with E-state index in [4.69, 9.17) is 16.3 Å². The number of halogens is 1. The molecule has 0 N–H and O–H groups in total. The van der Waals surface area contributed by atoms with Gasteiger partial charge in [0.1, 0.15) is 10.8 Å². The second kappa shape index (κ2) is 6.89. The standard InChI is InChI=1S/C18H24ClN3O2/c19-15-11-20-7-3-17(15)24-12-13-4-8-21(9-5-13)16-6-10-22(18(16)23)14-1-2-14/h3,7,11,13-14,16H,1-2,4-6,8-10,12H2. The van der Waals surface area contributed by atoms with Crippen LogP contribution >= 0.6 is 11.6 Å². The summed E-state index contributed by atoms with van der Waals surface area (Å²) in [5.74, 6) is 1.61. The van der Waals surface area contributed by atoms with Crippen LogP contribution in [-0.4, -0.2) is 59.0 Å².